The highest BCUT2D eigenvalue weighted by molar-refractivity contribution is 5.48. The number of hydrogen-bond acceptors (Lipinski definition) is 4. The zero-order chi connectivity index (χ0) is 18.0. The van der Waals surface area contributed by atoms with Crippen LogP contribution in [0.25, 0.3) is 0 Å². The van der Waals surface area contributed by atoms with E-state index in [-0.39, 0.29) is 0 Å². The second-order valence-corrected chi connectivity index (χ2v) is 6.28. The molecule has 0 fully saturated rings. The van der Waals surface area contributed by atoms with Crippen LogP contribution in [0.2, 0.25) is 0 Å². The molecule has 4 heteroatoms. The fourth-order valence-electron chi connectivity index (χ4n) is 2.93. The maximum atomic E-state index is 4.46. The monoisotopic (exact) mass is 346 g/mol. The minimum atomic E-state index is 0.849. The van der Waals surface area contributed by atoms with Gasteiger partial charge >= 0.3 is 0 Å². The topological polar surface area (TPSA) is 41.0 Å². The van der Waals surface area contributed by atoms with E-state index in [0.717, 1.165) is 44.1 Å². The Labute approximate surface area is 155 Å². The van der Waals surface area contributed by atoms with Gasteiger partial charge in [0.2, 0.25) is 0 Å². The van der Waals surface area contributed by atoms with Gasteiger partial charge in [-0.15, -0.1) is 0 Å². The number of nitrogens with zero attached hydrogens (tertiary/aromatic N) is 3. The summed E-state index contributed by atoms with van der Waals surface area (Å²) in [4.78, 5) is 11.1. The van der Waals surface area contributed by atoms with Crippen LogP contribution in [0.3, 0.4) is 0 Å². The summed E-state index contributed by atoms with van der Waals surface area (Å²) in [6.45, 7) is 4.80. The van der Waals surface area contributed by atoms with Crippen LogP contribution in [0.4, 0.5) is 11.6 Å². The maximum Gasteiger partial charge on any atom is 0.134 e. The minimum Gasteiger partial charge on any atom is -0.370 e. The third kappa shape index (κ3) is 5.31. The van der Waals surface area contributed by atoms with E-state index in [2.05, 4.69) is 81.7 Å². The van der Waals surface area contributed by atoms with Gasteiger partial charge < -0.3 is 10.2 Å². The summed E-state index contributed by atoms with van der Waals surface area (Å²) in [6.07, 6.45) is 3.79. The highest BCUT2D eigenvalue weighted by atomic mass is 15.2. The zero-order valence-electron chi connectivity index (χ0n) is 15.3. The van der Waals surface area contributed by atoms with Crippen LogP contribution < -0.4 is 10.2 Å². The predicted molar refractivity (Wildman–Crippen MR) is 108 cm³/mol. The molecule has 0 aliphatic rings. The molecule has 26 heavy (non-hydrogen) atoms. The molecule has 0 bridgehead atoms. The van der Waals surface area contributed by atoms with Crippen LogP contribution in [0.1, 0.15) is 24.5 Å². The van der Waals surface area contributed by atoms with Crippen LogP contribution >= 0.6 is 0 Å². The molecule has 0 aliphatic heterocycles. The van der Waals surface area contributed by atoms with Gasteiger partial charge in [0.05, 0.1) is 0 Å². The molecular formula is C22H26N4. The standard InChI is InChI=1S/C22H26N4/c1-2-26(17-20-12-7-4-8-13-20)22-16-21(24-18-25-22)23-15-9-14-19-10-5-3-6-11-19/h3-8,10-13,16,18H,2,9,14-15,17H2,1H3,(H,23,24,25). The van der Waals surface area contributed by atoms with Crippen molar-refractivity contribution in [3.05, 3.63) is 84.2 Å². The SMILES string of the molecule is CCN(Cc1ccccc1)c1cc(NCCCc2ccccc2)ncn1. The molecule has 0 radical (unpaired) electrons. The average Bonchev–Trinajstić information content (AvgIpc) is 2.71. The number of aromatic nitrogens is 2. The second-order valence-electron chi connectivity index (χ2n) is 6.28. The molecule has 0 spiro atoms. The summed E-state index contributed by atoms with van der Waals surface area (Å²) < 4.78 is 0. The third-order valence-electron chi connectivity index (χ3n) is 4.37. The number of hydrogen-bond donors (Lipinski definition) is 1. The smallest absolute Gasteiger partial charge is 0.134 e. The fraction of sp³-hybridized carbons (Fsp3) is 0.273. The molecule has 0 atom stereocenters. The van der Waals surface area contributed by atoms with Gasteiger partial charge in [0.25, 0.3) is 0 Å². The molecule has 134 valence electrons. The molecule has 0 unspecified atom stereocenters. The lowest BCUT2D eigenvalue weighted by Gasteiger charge is -2.22. The second kappa shape index (κ2) is 9.56. The Bertz CT molecular complexity index is 774. The molecule has 0 amide bonds. The molecule has 1 N–H and O–H groups in total. The first-order valence-electron chi connectivity index (χ1n) is 9.24. The van der Waals surface area contributed by atoms with Crippen molar-refractivity contribution in [2.75, 3.05) is 23.3 Å². The van der Waals surface area contributed by atoms with E-state index in [1.54, 1.807) is 6.33 Å². The van der Waals surface area contributed by atoms with Crippen molar-refractivity contribution in [3.63, 3.8) is 0 Å². The molecule has 0 saturated carbocycles. The molecule has 3 aromatic rings. The minimum absolute atomic E-state index is 0.849. The highest BCUT2D eigenvalue weighted by Gasteiger charge is 2.08. The Balaban J connectivity index is 1.54. The van der Waals surface area contributed by atoms with E-state index in [0.29, 0.717) is 0 Å². The quantitative estimate of drug-likeness (QED) is 0.577. The van der Waals surface area contributed by atoms with Crippen LogP contribution in [0.5, 0.6) is 0 Å². The molecular weight excluding hydrogens is 320 g/mol. The molecule has 3 rings (SSSR count). The van der Waals surface area contributed by atoms with Gasteiger partial charge in [-0.3, -0.25) is 0 Å². The van der Waals surface area contributed by atoms with Gasteiger partial charge in [-0.25, -0.2) is 9.97 Å². The van der Waals surface area contributed by atoms with Gasteiger partial charge in [-0.2, -0.15) is 0 Å². The van der Waals surface area contributed by atoms with Crippen molar-refractivity contribution < 1.29 is 0 Å². The molecule has 1 heterocycles. The highest BCUT2D eigenvalue weighted by Crippen LogP contribution is 2.17. The van der Waals surface area contributed by atoms with Crippen molar-refractivity contribution in [1.82, 2.24) is 9.97 Å². The Morgan fingerprint density at radius 1 is 0.885 bits per heavy atom. The predicted octanol–water partition coefficient (Wildman–Crippen LogP) is 4.55. The zero-order valence-corrected chi connectivity index (χ0v) is 15.3. The van der Waals surface area contributed by atoms with E-state index in [4.69, 9.17) is 0 Å². The van der Waals surface area contributed by atoms with Crippen molar-refractivity contribution in [3.8, 4) is 0 Å². The average molecular weight is 346 g/mol. The van der Waals surface area contributed by atoms with Gasteiger partial charge in [0.15, 0.2) is 0 Å². The summed E-state index contributed by atoms with van der Waals surface area (Å²) >= 11 is 0. The number of nitrogens with one attached hydrogen (secondary N) is 1. The van der Waals surface area contributed by atoms with Crippen LogP contribution in [0.15, 0.2) is 73.1 Å². The lowest BCUT2D eigenvalue weighted by Crippen LogP contribution is -2.23. The van der Waals surface area contributed by atoms with E-state index in [1.165, 1.54) is 11.1 Å². The first-order valence-corrected chi connectivity index (χ1v) is 9.24. The Kier molecular flexibility index (Phi) is 6.59. The molecule has 0 saturated heterocycles. The Morgan fingerprint density at radius 3 is 2.27 bits per heavy atom. The van der Waals surface area contributed by atoms with Crippen LogP contribution in [-0.2, 0) is 13.0 Å². The Hall–Kier alpha value is -2.88. The summed E-state index contributed by atoms with van der Waals surface area (Å²) in [5.74, 6) is 1.84. The third-order valence-corrected chi connectivity index (χ3v) is 4.37. The first-order chi connectivity index (χ1) is 12.8. The summed E-state index contributed by atoms with van der Waals surface area (Å²) in [5, 5.41) is 3.42. The number of anilines is 2. The van der Waals surface area contributed by atoms with E-state index in [1.807, 2.05) is 12.1 Å². The normalized spacial score (nSPS) is 10.5. The van der Waals surface area contributed by atoms with Crippen molar-refractivity contribution in [2.45, 2.75) is 26.3 Å². The number of rotatable bonds is 9. The van der Waals surface area contributed by atoms with Crippen LogP contribution in [0, 0.1) is 0 Å². The summed E-state index contributed by atoms with van der Waals surface area (Å²) in [7, 11) is 0. The largest absolute Gasteiger partial charge is 0.370 e. The van der Waals surface area contributed by atoms with Gasteiger partial charge in [-0.05, 0) is 30.9 Å². The number of aryl methyl sites for hydroxylation is 1. The van der Waals surface area contributed by atoms with E-state index < -0.39 is 0 Å². The summed E-state index contributed by atoms with van der Waals surface area (Å²) in [6, 6.07) is 23.1. The maximum absolute atomic E-state index is 4.46. The fourth-order valence-corrected chi connectivity index (χ4v) is 2.93. The molecule has 0 aliphatic carbocycles. The number of benzene rings is 2. The van der Waals surface area contributed by atoms with E-state index >= 15 is 0 Å². The van der Waals surface area contributed by atoms with Gasteiger partial charge in [-0.1, -0.05) is 60.7 Å². The molecule has 2 aromatic carbocycles. The van der Waals surface area contributed by atoms with Crippen LogP contribution in [-0.4, -0.2) is 23.1 Å². The lowest BCUT2D eigenvalue weighted by molar-refractivity contribution is 0.808. The van der Waals surface area contributed by atoms with Crippen molar-refractivity contribution in [2.24, 2.45) is 0 Å². The van der Waals surface area contributed by atoms with Crippen molar-refractivity contribution >= 4 is 11.6 Å². The van der Waals surface area contributed by atoms with Crippen molar-refractivity contribution in [1.29, 1.82) is 0 Å². The molecule has 1 aromatic heterocycles. The first kappa shape index (κ1) is 17.9. The Morgan fingerprint density at radius 2 is 1.58 bits per heavy atom. The molecule has 4 nitrogen and oxygen atoms in total. The summed E-state index contributed by atoms with van der Waals surface area (Å²) in [5.41, 5.74) is 2.66. The van der Waals surface area contributed by atoms with Gasteiger partial charge in [0.1, 0.15) is 18.0 Å². The lowest BCUT2D eigenvalue weighted by atomic mass is 10.1. The van der Waals surface area contributed by atoms with E-state index in [9.17, 15) is 0 Å². The van der Waals surface area contributed by atoms with Gasteiger partial charge in [0, 0.05) is 25.7 Å².